The van der Waals surface area contributed by atoms with Crippen LogP contribution in [0.2, 0.25) is 0 Å². The molecule has 0 bridgehead atoms. The minimum absolute atomic E-state index is 0.227. The second-order valence-corrected chi connectivity index (χ2v) is 6.09. The molecule has 0 saturated carbocycles. The van der Waals surface area contributed by atoms with Gasteiger partial charge in [-0.3, -0.25) is 0 Å². The molecule has 0 unspecified atom stereocenters. The molecular formula is C13H27O3P. The molecule has 1 fully saturated rings. The quantitative estimate of drug-likeness (QED) is 0.470. The van der Waals surface area contributed by atoms with Crippen LogP contribution in [0.15, 0.2) is 0 Å². The number of hydrogen-bond acceptors (Lipinski definition) is 3. The average Bonchev–Trinajstić information content (AvgIpc) is 2.39. The third-order valence-corrected chi connectivity index (χ3v) is 4.72. The molecule has 1 rings (SSSR count). The van der Waals surface area contributed by atoms with Gasteiger partial charge in [-0.15, -0.1) is 0 Å². The summed E-state index contributed by atoms with van der Waals surface area (Å²) in [6, 6.07) is 0. The normalized spacial score (nSPS) is 20.6. The van der Waals surface area contributed by atoms with Gasteiger partial charge in [0.1, 0.15) is 0 Å². The highest BCUT2D eigenvalue weighted by Crippen LogP contribution is 2.48. The van der Waals surface area contributed by atoms with Crippen molar-refractivity contribution in [2.45, 2.75) is 59.3 Å². The van der Waals surface area contributed by atoms with E-state index in [0.29, 0.717) is 0 Å². The van der Waals surface area contributed by atoms with Crippen molar-refractivity contribution in [3.8, 4) is 0 Å². The number of rotatable bonds is 8. The maximum absolute atomic E-state index is 5.70. The van der Waals surface area contributed by atoms with Crippen LogP contribution in [-0.2, 0) is 13.6 Å². The van der Waals surface area contributed by atoms with Gasteiger partial charge >= 0.3 is 8.60 Å². The maximum Gasteiger partial charge on any atom is 0.332 e. The number of unbranched alkanes of at least 4 members (excludes halogenated alkanes) is 3. The third-order valence-electron chi connectivity index (χ3n) is 3.65. The fourth-order valence-corrected chi connectivity index (χ4v) is 3.12. The van der Waals surface area contributed by atoms with Crippen molar-refractivity contribution in [2.75, 3.05) is 19.8 Å². The Labute approximate surface area is 107 Å². The average molecular weight is 262 g/mol. The highest BCUT2D eigenvalue weighted by molar-refractivity contribution is 7.41. The summed E-state index contributed by atoms with van der Waals surface area (Å²) in [7, 11) is -1.06. The predicted molar refractivity (Wildman–Crippen MR) is 71.9 cm³/mol. The first-order chi connectivity index (χ1) is 8.26. The molecule has 0 aliphatic carbocycles. The predicted octanol–water partition coefficient (Wildman–Crippen LogP) is 4.66. The van der Waals surface area contributed by atoms with Crippen LogP contribution in [0.3, 0.4) is 0 Å². The molecule has 0 atom stereocenters. The van der Waals surface area contributed by atoms with Crippen LogP contribution in [0.5, 0.6) is 0 Å². The summed E-state index contributed by atoms with van der Waals surface area (Å²) < 4.78 is 17.0. The van der Waals surface area contributed by atoms with Crippen LogP contribution < -0.4 is 0 Å². The molecule has 0 amide bonds. The fraction of sp³-hybridized carbons (Fsp3) is 1.00. The van der Waals surface area contributed by atoms with Crippen molar-refractivity contribution >= 4 is 8.60 Å². The van der Waals surface area contributed by atoms with Gasteiger partial charge < -0.3 is 13.6 Å². The minimum Gasteiger partial charge on any atom is -0.312 e. The Morgan fingerprint density at radius 3 is 2.18 bits per heavy atom. The minimum atomic E-state index is -1.06. The Morgan fingerprint density at radius 2 is 1.65 bits per heavy atom. The first-order valence-electron chi connectivity index (χ1n) is 6.95. The zero-order valence-corrected chi connectivity index (χ0v) is 12.4. The van der Waals surface area contributed by atoms with Crippen LogP contribution >= 0.6 is 8.60 Å². The van der Waals surface area contributed by atoms with Gasteiger partial charge in [-0.05, 0) is 19.3 Å². The Hall–Kier alpha value is 0.310. The van der Waals surface area contributed by atoms with E-state index in [1.807, 2.05) is 0 Å². The smallest absolute Gasteiger partial charge is 0.312 e. The Balaban J connectivity index is 2.10. The van der Waals surface area contributed by atoms with E-state index < -0.39 is 8.60 Å². The van der Waals surface area contributed by atoms with E-state index in [1.165, 1.54) is 19.3 Å². The van der Waals surface area contributed by atoms with E-state index in [9.17, 15) is 0 Å². The molecule has 1 heterocycles. The standard InChI is InChI=1S/C13H27O3P/c1-4-7-8-9-10-14-17-15-11-13(5-2,6-3)12-16-17/h4-12H2,1-3H3. The van der Waals surface area contributed by atoms with Crippen molar-refractivity contribution < 1.29 is 13.6 Å². The highest BCUT2D eigenvalue weighted by atomic mass is 31.2. The van der Waals surface area contributed by atoms with E-state index in [-0.39, 0.29) is 5.41 Å². The zero-order chi connectivity index (χ0) is 12.6. The van der Waals surface area contributed by atoms with Crippen LogP contribution in [0.25, 0.3) is 0 Å². The molecule has 0 spiro atoms. The molecular weight excluding hydrogens is 235 g/mol. The van der Waals surface area contributed by atoms with Gasteiger partial charge in [-0.1, -0.05) is 40.0 Å². The SMILES string of the molecule is CCCCCCOP1OCC(CC)(CC)CO1. The summed E-state index contributed by atoms with van der Waals surface area (Å²) in [4.78, 5) is 0. The van der Waals surface area contributed by atoms with E-state index in [2.05, 4.69) is 20.8 Å². The molecule has 17 heavy (non-hydrogen) atoms. The molecule has 1 aliphatic rings. The highest BCUT2D eigenvalue weighted by Gasteiger charge is 2.35. The summed E-state index contributed by atoms with van der Waals surface area (Å²) in [5.74, 6) is 0. The Bertz CT molecular complexity index is 185. The van der Waals surface area contributed by atoms with Crippen molar-refractivity contribution in [2.24, 2.45) is 5.41 Å². The second kappa shape index (κ2) is 8.42. The molecule has 0 radical (unpaired) electrons. The summed E-state index contributed by atoms with van der Waals surface area (Å²) in [6.45, 7) is 8.98. The molecule has 3 nitrogen and oxygen atoms in total. The third kappa shape index (κ3) is 5.21. The van der Waals surface area contributed by atoms with E-state index in [4.69, 9.17) is 13.6 Å². The first kappa shape index (κ1) is 15.4. The lowest BCUT2D eigenvalue weighted by Crippen LogP contribution is -2.33. The van der Waals surface area contributed by atoms with Crippen molar-refractivity contribution in [3.63, 3.8) is 0 Å². The fourth-order valence-electron chi connectivity index (χ4n) is 1.86. The Morgan fingerprint density at radius 1 is 1.00 bits per heavy atom. The molecule has 102 valence electrons. The van der Waals surface area contributed by atoms with Gasteiger partial charge in [0.15, 0.2) is 0 Å². The molecule has 1 aliphatic heterocycles. The lowest BCUT2D eigenvalue weighted by Gasteiger charge is -2.37. The van der Waals surface area contributed by atoms with Crippen molar-refractivity contribution in [3.05, 3.63) is 0 Å². The van der Waals surface area contributed by atoms with Gasteiger partial charge in [-0.2, -0.15) is 0 Å². The number of hydrogen-bond donors (Lipinski definition) is 0. The van der Waals surface area contributed by atoms with Gasteiger partial charge in [0.05, 0.1) is 19.8 Å². The summed E-state index contributed by atoms with van der Waals surface area (Å²) in [6.07, 6.45) is 7.14. The zero-order valence-electron chi connectivity index (χ0n) is 11.5. The largest absolute Gasteiger partial charge is 0.332 e. The van der Waals surface area contributed by atoms with Crippen molar-refractivity contribution in [1.29, 1.82) is 0 Å². The van der Waals surface area contributed by atoms with E-state index in [0.717, 1.165) is 39.1 Å². The first-order valence-corrected chi connectivity index (χ1v) is 8.04. The van der Waals surface area contributed by atoms with Crippen LogP contribution in [-0.4, -0.2) is 19.8 Å². The maximum atomic E-state index is 5.70. The topological polar surface area (TPSA) is 27.7 Å². The van der Waals surface area contributed by atoms with Crippen LogP contribution in [0, 0.1) is 5.41 Å². The lowest BCUT2D eigenvalue weighted by atomic mass is 9.84. The van der Waals surface area contributed by atoms with Gasteiger partial charge in [0.25, 0.3) is 0 Å². The lowest BCUT2D eigenvalue weighted by molar-refractivity contribution is 0.00101. The molecule has 1 saturated heterocycles. The molecule has 0 N–H and O–H groups in total. The van der Waals surface area contributed by atoms with E-state index >= 15 is 0 Å². The van der Waals surface area contributed by atoms with Crippen molar-refractivity contribution in [1.82, 2.24) is 0 Å². The monoisotopic (exact) mass is 262 g/mol. The second-order valence-electron chi connectivity index (χ2n) is 4.87. The molecule has 0 aromatic heterocycles. The summed E-state index contributed by atoms with van der Waals surface area (Å²) in [5.41, 5.74) is 0.227. The summed E-state index contributed by atoms with van der Waals surface area (Å²) in [5, 5.41) is 0. The van der Waals surface area contributed by atoms with Gasteiger partial charge in [0.2, 0.25) is 0 Å². The summed E-state index contributed by atoms with van der Waals surface area (Å²) >= 11 is 0. The molecule has 0 aromatic carbocycles. The van der Waals surface area contributed by atoms with Gasteiger partial charge in [0, 0.05) is 5.41 Å². The molecule has 4 heteroatoms. The van der Waals surface area contributed by atoms with Crippen LogP contribution in [0.1, 0.15) is 59.3 Å². The van der Waals surface area contributed by atoms with Crippen LogP contribution in [0.4, 0.5) is 0 Å². The van der Waals surface area contributed by atoms with E-state index in [1.54, 1.807) is 0 Å². The molecule has 0 aromatic rings. The Kier molecular flexibility index (Phi) is 7.61. The van der Waals surface area contributed by atoms with Gasteiger partial charge in [-0.25, -0.2) is 0 Å².